The molecule has 0 aliphatic carbocycles. The molecule has 0 atom stereocenters. The van der Waals surface area contributed by atoms with Gasteiger partial charge in [0.25, 0.3) is 11.1 Å². The van der Waals surface area contributed by atoms with E-state index in [2.05, 4.69) is 5.32 Å². The van der Waals surface area contributed by atoms with E-state index < -0.39 is 5.91 Å². The van der Waals surface area contributed by atoms with Gasteiger partial charge >= 0.3 is 0 Å². The van der Waals surface area contributed by atoms with Gasteiger partial charge in [-0.2, -0.15) is 0 Å². The first-order valence-electron chi connectivity index (χ1n) is 8.04. The smallest absolute Gasteiger partial charge is 0.287 e. The molecule has 6 heteroatoms. The first-order valence-corrected chi connectivity index (χ1v) is 8.85. The van der Waals surface area contributed by atoms with E-state index in [0.29, 0.717) is 11.3 Å². The Labute approximate surface area is 153 Å². The number of hydrogen-bond donors (Lipinski definition) is 1. The van der Waals surface area contributed by atoms with Gasteiger partial charge in [0.1, 0.15) is 0 Å². The molecule has 0 bridgehead atoms. The number of fused-ring (bicyclic) bond motifs is 1. The lowest BCUT2D eigenvalue weighted by molar-refractivity contribution is -0.115. The van der Waals surface area contributed by atoms with Crippen LogP contribution in [0.2, 0.25) is 0 Å². The second-order valence-corrected chi connectivity index (χ2v) is 6.89. The van der Waals surface area contributed by atoms with Crippen molar-refractivity contribution in [2.45, 2.75) is 6.42 Å². The Kier molecular flexibility index (Phi) is 4.18. The van der Waals surface area contributed by atoms with Crippen molar-refractivity contribution in [1.82, 2.24) is 9.88 Å². The molecule has 1 N–H and O–H groups in total. The lowest BCUT2D eigenvalue weighted by Gasteiger charge is -2.05. The lowest BCUT2D eigenvalue weighted by Crippen LogP contribution is -2.17. The van der Waals surface area contributed by atoms with Gasteiger partial charge in [0.2, 0.25) is 5.91 Å². The molecule has 0 spiro atoms. The third-order valence-corrected chi connectivity index (χ3v) is 4.97. The van der Waals surface area contributed by atoms with Gasteiger partial charge in [-0.1, -0.05) is 42.5 Å². The fraction of sp³-hybridized carbons (Fsp3) is 0.0500. The Hall–Kier alpha value is -3.12. The summed E-state index contributed by atoms with van der Waals surface area (Å²) in [7, 11) is 0. The third kappa shape index (κ3) is 3.07. The summed E-state index contributed by atoms with van der Waals surface area (Å²) in [6, 6.07) is 17.0. The molecule has 5 nitrogen and oxygen atoms in total. The van der Waals surface area contributed by atoms with E-state index >= 15 is 0 Å². The SMILES string of the molecule is O=C1NC(=O)/C(=C/c2cccc3c2ccn3C(=O)Cc2ccccc2)S1. The van der Waals surface area contributed by atoms with Crippen molar-refractivity contribution in [1.29, 1.82) is 0 Å². The summed E-state index contributed by atoms with van der Waals surface area (Å²) in [6.07, 6.45) is 3.73. The van der Waals surface area contributed by atoms with E-state index in [4.69, 9.17) is 0 Å². The summed E-state index contributed by atoms with van der Waals surface area (Å²) < 4.78 is 1.62. The van der Waals surface area contributed by atoms with Gasteiger partial charge in [-0.25, -0.2) is 0 Å². The van der Waals surface area contributed by atoms with Crippen LogP contribution in [0.4, 0.5) is 4.79 Å². The number of hydrogen-bond acceptors (Lipinski definition) is 4. The van der Waals surface area contributed by atoms with Crippen LogP contribution >= 0.6 is 11.8 Å². The summed E-state index contributed by atoms with van der Waals surface area (Å²) in [4.78, 5) is 36.1. The van der Waals surface area contributed by atoms with Gasteiger partial charge in [-0.05, 0) is 41.1 Å². The number of amides is 2. The zero-order valence-corrected chi connectivity index (χ0v) is 14.5. The van der Waals surface area contributed by atoms with Crippen molar-refractivity contribution in [3.05, 3.63) is 76.8 Å². The summed E-state index contributed by atoms with van der Waals surface area (Å²) >= 11 is 0.880. The number of nitrogens with zero attached hydrogens (tertiary/aromatic N) is 1. The molecule has 1 saturated heterocycles. The third-order valence-electron chi connectivity index (χ3n) is 4.16. The Morgan fingerprint density at radius 1 is 1.04 bits per heavy atom. The number of carbonyl (C=O) groups is 3. The monoisotopic (exact) mass is 362 g/mol. The number of nitrogens with one attached hydrogen (secondary N) is 1. The van der Waals surface area contributed by atoms with Crippen LogP contribution in [0.1, 0.15) is 15.9 Å². The number of thioether (sulfide) groups is 1. The molecule has 2 heterocycles. The van der Waals surface area contributed by atoms with Gasteiger partial charge in [-0.3, -0.25) is 24.3 Å². The first-order chi connectivity index (χ1) is 12.6. The largest absolute Gasteiger partial charge is 0.290 e. The van der Waals surface area contributed by atoms with Crippen molar-refractivity contribution in [3.8, 4) is 0 Å². The van der Waals surface area contributed by atoms with Crippen LogP contribution in [0.5, 0.6) is 0 Å². The van der Waals surface area contributed by atoms with Crippen LogP contribution in [-0.4, -0.2) is 21.6 Å². The molecule has 2 amide bonds. The Morgan fingerprint density at radius 3 is 2.58 bits per heavy atom. The molecule has 0 saturated carbocycles. The van der Waals surface area contributed by atoms with Crippen LogP contribution in [0.25, 0.3) is 17.0 Å². The number of aromatic nitrogens is 1. The average Bonchev–Trinajstić information content (AvgIpc) is 3.19. The zero-order chi connectivity index (χ0) is 18.1. The second-order valence-electron chi connectivity index (χ2n) is 5.87. The molecular weight excluding hydrogens is 348 g/mol. The van der Waals surface area contributed by atoms with Crippen LogP contribution in [0.3, 0.4) is 0 Å². The summed E-state index contributed by atoms with van der Waals surface area (Å²) in [5, 5.41) is 2.73. The number of imide groups is 1. The minimum atomic E-state index is -0.392. The summed E-state index contributed by atoms with van der Waals surface area (Å²) in [5.74, 6) is -0.421. The molecular formula is C20H14N2O3S. The van der Waals surface area contributed by atoms with Gasteiger partial charge in [0.15, 0.2) is 0 Å². The topological polar surface area (TPSA) is 68.2 Å². The van der Waals surface area contributed by atoms with Gasteiger partial charge in [0, 0.05) is 11.6 Å². The van der Waals surface area contributed by atoms with E-state index in [-0.39, 0.29) is 11.1 Å². The van der Waals surface area contributed by atoms with Crippen molar-refractivity contribution in [2.24, 2.45) is 0 Å². The van der Waals surface area contributed by atoms with Gasteiger partial charge in [-0.15, -0.1) is 0 Å². The minimum Gasteiger partial charge on any atom is -0.287 e. The molecule has 3 aromatic rings. The standard InChI is InChI=1S/C20H14N2O3S/c23-18(11-13-5-2-1-3-6-13)22-10-9-15-14(7-4-8-16(15)22)12-17-19(24)21-20(25)26-17/h1-10,12H,11H2,(H,21,24,25)/b17-12-. The average molecular weight is 362 g/mol. The molecule has 2 aromatic carbocycles. The highest BCUT2D eigenvalue weighted by Gasteiger charge is 2.25. The number of benzene rings is 2. The normalized spacial score (nSPS) is 15.6. The van der Waals surface area contributed by atoms with Crippen molar-refractivity contribution in [3.63, 3.8) is 0 Å². The van der Waals surface area contributed by atoms with Gasteiger partial charge < -0.3 is 0 Å². The molecule has 1 aliphatic heterocycles. The zero-order valence-electron chi connectivity index (χ0n) is 13.6. The molecule has 26 heavy (non-hydrogen) atoms. The van der Waals surface area contributed by atoms with Crippen molar-refractivity contribution < 1.29 is 14.4 Å². The predicted octanol–water partition coefficient (Wildman–Crippen LogP) is 3.85. The molecule has 0 unspecified atom stereocenters. The van der Waals surface area contributed by atoms with Crippen LogP contribution < -0.4 is 5.32 Å². The van der Waals surface area contributed by atoms with Crippen LogP contribution in [0.15, 0.2) is 65.7 Å². The maximum absolute atomic E-state index is 12.7. The number of rotatable bonds is 3. The molecule has 128 valence electrons. The van der Waals surface area contributed by atoms with Gasteiger partial charge in [0.05, 0.1) is 16.8 Å². The van der Waals surface area contributed by atoms with Crippen molar-refractivity contribution in [2.75, 3.05) is 0 Å². The van der Waals surface area contributed by atoms with E-state index in [1.807, 2.05) is 54.6 Å². The summed E-state index contributed by atoms with van der Waals surface area (Å²) in [6.45, 7) is 0. The van der Waals surface area contributed by atoms with Crippen molar-refractivity contribution >= 4 is 45.8 Å². The predicted molar refractivity (Wildman–Crippen MR) is 102 cm³/mol. The van der Waals surface area contributed by atoms with Crippen LogP contribution in [-0.2, 0) is 11.2 Å². The first kappa shape index (κ1) is 16.4. The Bertz CT molecular complexity index is 1070. The lowest BCUT2D eigenvalue weighted by atomic mass is 10.1. The van der Waals surface area contributed by atoms with E-state index in [1.165, 1.54) is 0 Å². The highest BCUT2D eigenvalue weighted by molar-refractivity contribution is 8.18. The maximum Gasteiger partial charge on any atom is 0.290 e. The molecule has 0 radical (unpaired) electrons. The fourth-order valence-electron chi connectivity index (χ4n) is 2.95. The van der Waals surface area contributed by atoms with E-state index in [9.17, 15) is 14.4 Å². The second kappa shape index (κ2) is 6.65. The van der Waals surface area contributed by atoms with E-state index in [1.54, 1.807) is 16.8 Å². The maximum atomic E-state index is 12.7. The van der Waals surface area contributed by atoms with E-state index in [0.717, 1.165) is 33.8 Å². The van der Waals surface area contributed by atoms with Crippen LogP contribution in [0, 0.1) is 0 Å². The fourth-order valence-corrected chi connectivity index (χ4v) is 3.63. The molecule has 1 aromatic heterocycles. The highest BCUT2D eigenvalue weighted by Crippen LogP contribution is 2.29. The molecule has 4 rings (SSSR count). The summed E-state index contributed by atoms with van der Waals surface area (Å²) in [5.41, 5.74) is 2.52. The molecule has 1 aliphatic rings. The number of carbonyl (C=O) groups excluding carboxylic acids is 3. The quantitative estimate of drug-likeness (QED) is 0.719. The highest BCUT2D eigenvalue weighted by atomic mass is 32.2. The molecule has 1 fully saturated rings. The Morgan fingerprint density at radius 2 is 1.85 bits per heavy atom. The Balaban J connectivity index is 1.69. The minimum absolute atomic E-state index is 0.0286.